The Hall–Kier alpha value is -2.81. The summed E-state index contributed by atoms with van der Waals surface area (Å²) in [5.74, 6) is 0.889. The minimum absolute atomic E-state index is 0.0698. The standard InChI is InChI=1S/C18H13NO2/c1-21-12-8-6-11(7-9-12)16-10-15-13-4-2-3-5-14(13)18(20)17(15)19-16/h2-10,19H,1H3. The molecule has 0 unspecified atom stereocenters. The van der Waals surface area contributed by atoms with Crippen LogP contribution in [0.1, 0.15) is 16.1 Å². The van der Waals surface area contributed by atoms with E-state index in [1.807, 2.05) is 54.6 Å². The summed E-state index contributed by atoms with van der Waals surface area (Å²) in [4.78, 5) is 15.6. The number of hydrogen-bond donors (Lipinski definition) is 1. The van der Waals surface area contributed by atoms with Gasteiger partial charge in [0.15, 0.2) is 0 Å². The molecule has 3 aromatic rings. The number of nitrogens with one attached hydrogen (secondary N) is 1. The molecule has 1 aromatic heterocycles. The summed E-state index contributed by atoms with van der Waals surface area (Å²) < 4.78 is 5.17. The van der Waals surface area contributed by atoms with E-state index in [1.165, 1.54) is 0 Å². The molecule has 0 bridgehead atoms. The molecule has 1 aliphatic carbocycles. The molecule has 4 rings (SSSR count). The zero-order chi connectivity index (χ0) is 14.4. The normalized spacial score (nSPS) is 12.1. The highest BCUT2D eigenvalue weighted by molar-refractivity contribution is 6.21. The summed E-state index contributed by atoms with van der Waals surface area (Å²) in [5.41, 5.74) is 5.44. The molecule has 0 atom stereocenters. The molecule has 0 saturated carbocycles. The number of aromatic amines is 1. The van der Waals surface area contributed by atoms with E-state index < -0.39 is 0 Å². The van der Waals surface area contributed by atoms with Crippen molar-refractivity contribution in [3.63, 3.8) is 0 Å². The van der Waals surface area contributed by atoms with E-state index >= 15 is 0 Å². The Morgan fingerprint density at radius 1 is 0.905 bits per heavy atom. The number of H-pyrrole nitrogens is 1. The summed E-state index contributed by atoms with van der Waals surface area (Å²) in [6.07, 6.45) is 0. The summed E-state index contributed by atoms with van der Waals surface area (Å²) in [7, 11) is 1.65. The second kappa shape index (κ2) is 4.35. The van der Waals surface area contributed by atoms with Crippen molar-refractivity contribution in [3.05, 3.63) is 65.9 Å². The fourth-order valence-corrected chi connectivity index (χ4v) is 2.82. The Labute approximate surface area is 122 Å². The highest BCUT2D eigenvalue weighted by Gasteiger charge is 2.28. The van der Waals surface area contributed by atoms with Crippen LogP contribution in [0.2, 0.25) is 0 Å². The molecule has 0 aliphatic heterocycles. The van der Waals surface area contributed by atoms with E-state index in [1.54, 1.807) is 7.11 Å². The lowest BCUT2D eigenvalue weighted by Gasteiger charge is -2.02. The third-order valence-electron chi connectivity index (χ3n) is 3.91. The fourth-order valence-electron chi connectivity index (χ4n) is 2.82. The van der Waals surface area contributed by atoms with E-state index in [9.17, 15) is 4.79 Å². The number of carbonyl (C=O) groups is 1. The zero-order valence-electron chi connectivity index (χ0n) is 11.5. The van der Waals surface area contributed by atoms with Crippen LogP contribution in [-0.2, 0) is 0 Å². The summed E-state index contributed by atoms with van der Waals surface area (Å²) in [6.45, 7) is 0. The van der Waals surface area contributed by atoms with Gasteiger partial charge in [0.1, 0.15) is 5.75 Å². The monoisotopic (exact) mass is 275 g/mol. The van der Waals surface area contributed by atoms with Gasteiger partial charge in [-0.2, -0.15) is 0 Å². The Morgan fingerprint density at radius 2 is 1.62 bits per heavy atom. The average Bonchev–Trinajstić information content (AvgIpc) is 3.08. The van der Waals surface area contributed by atoms with Gasteiger partial charge in [0.25, 0.3) is 0 Å². The molecule has 0 radical (unpaired) electrons. The number of carbonyl (C=O) groups excluding carboxylic acids is 1. The molecule has 0 spiro atoms. The van der Waals surface area contributed by atoms with Crippen molar-refractivity contribution in [2.45, 2.75) is 0 Å². The third-order valence-corrected chi connectivity index (χ3v) is 3.91. The van der Waals surface area contributed by atoms with Crippen LogP contribution in [0.5, 0.6) is 5.75 Å². The molecule has 21 heavy (non-hydrogen) atoms. The van der Waals surface area contributed by atoms with Gasteiger partial charge in [-0.15, -0.1) is 0 Å². The van der Waals surface area contributed by atoms with Crippen molar-refractivity contribution in [1.82, 2.24) is 4.98 Å². The average molecular weight is 275 g/mol. The molecular formula is C18H13NO2. The first-order chi connectivity index (χ1) is 10.3. The molecule has 2 aromatic carbocycles. The second-order valence-electron chi connectivity index (χ2n) is 5.07. The van der Waals surface area contributed by atoms with Crippen LogP contribution in [0, 0.1) is 0 Å². The van der Waals surface area contributed by atoms with Crippen LogP contribution in [0.15, 0.2) is 54.6 Å². The van der Waals surface area contributed by atoms with E-state index in [0.717, 1.165) is 33.7 Å². The van der Waals surface area contributed by atoms with Crippen molar-refractivity contribution in [2.75, 3.05) is 7.11 Å². The highest BCUT2D eigenvalue weighted by atomic mass is 16.5. The molecule has 0 amide bonds. The van der Waals surface area contributed by atoms with Crippen LogP contribution in [0.4, 0.5) is 0 Å². The number of hydrogen-bond acceptors (Lipinski definition) is 2. The van der Waals surface area contributed by atoms with Crippen molar-refractivity contribution >= 4 is 5.78 Å². The molecule has 0 fully saturated rings. The topological polar surface area (TPSA) is 42.1 Å². The van der Waals surface area contributed by atoms with Crippen molar-refractivity contribution < 1.29 is 9.53 Å². The zero-order valence-corrected chi connectivity index (χ0v) is 11.5. The van der Waals surface area contributed by atoms with E-state index in [-0.39, 0.29) is 5.78 Å². The predicted molar refractivity (Wildman–Crippen MR) is 81.6 cm³/mol. The Morgan fingerprint density at radius 3 is 2.33 bits per heavy atom. The van der Waals surface area contributed by atoms with Crippen molar-refractivity contribution in [2.24, 2.45) is 0 Å². The maximum absolute atomic E-state index is 12.4. The first kappa shape index (κ1) is 12.0. The fraction of sp³-hybridized carbons (Fsp3) is 0.0556. The number of benzene rings is 2. The third kappa shape index (κ3) is 1.71. The largest absolute Gasteiger partial charge is 0.497 e. The number of ether oxygens (including phenoxy) is 1. The van der Waals surface area contributed by atoms with Gasteiger partial charge >= 0.3 is 0 Å². The van der Waals surface area contributed by atoms with E-state index in [4.69, 9.17) is 4.74 Å². The van der Waals surface area contributed by atoms with Gasteiger partial charge < -0.3 is 9.72 Å². The minimum Gasteiger partial charge on any atom is -0.497 e. The van der Waals surface area contributed by atoms with Crippen LogP contribution in [-0.4, -0.2) is 17.9 Å². The molecule has 1 heterocycles. The molecular weight excluding hydrogens is 262 g/mol. The number of methoxy groups -OCH3 is 1. The molecule has 0 saturated heterocycles. The number of fused-ring (bicyclic) bond motifs is 3. The summed E-state index contributed by atoms with van der Waals surface area (Å²) in [5, 5.41) is 0. The Bertz CT molecular complexity index is 844. The second-order valence-corrected chi connectivity index (χ2v) is 5.07. The number of ketones is 1. The van der Waals surface area contributed by atoms with Gasteiger partial charge in [0.2, 0.25) is 5.78 Å². The lowest BCUT2D eigenvalue weighted by atomic mass is 10.1. The SMILES string of the molecule is COc1ccc(-c2cc3c([nH]2)C(=O)c2ccccc2-3)cc1. The van der Waals surface area contributed by atoms with Gasteiger partial charge in [-0.1, -0.05) is 24.3 Å². The molecule has 1 aliphatic rings. The van der Waals surface area contributed by atoms with Crippen LogP contribution in [0.25, 0.3) is 22.4 Å². The van der Waals surface area contributed by atoms with Crippen LogP contribution < -0.4 is 4.74 Å². The van der Waals surface area contributed by atoms with E-state index in [0.29, 0.717) is 5.69 Å². The first-order valence-corrected chi connectivity index (χ1v) is 6.79. The van der Waals surface area contributed by atoms with Gasteiger partial charge in [-0.3, -0.25) is 4.79 Å². The molecule has 3 nitrogen and oxygen atoms in total. The van der Waals surface area contributed by atoms with E-state index in [2.05, 4.69) is 4.98 Å². The maximum Gasteiger partial charge on any atom is 0.210 e. The van der Waals surface area contributed by atoms with Gasteiger partial charge in [-0.25, -0.2) is 0 Å². The number of aromatic nitrogens is 1. The van der Waals surface area contributed by atoms with Gasteiger partial charge in [0, 0.05) is 16.8 Å². The summed E-state index contributed by atoms with van der Waals surface area (Å²) in [6, 6.07) is 17.6. The van der Waals surface area contributed by atoms with Gasteiger partial charge in [-0.05, 0) is 41.5 Å². The van der Waals surface area contributed by atoms with Crippen molar-refractivity contribution in [3.8, 4) is 28.1 Å². The summed E-state index contributed by atoms with van der Waals surface area (Å²) >= 11 is 0. The predicted octanol–water partition coefficient (Wildman–Crippen LogP) is 3.90. The highest BCUT2D eigenvalue weighted by Crippen LogP contribution is 2.39. The lowest BCUT2D eigenvalue weighted by Crippen LogP contribution is -1.96. The quantitative estimate of drug-likeness (QED) is 0.603. The first-order valence-electron chi connectivity index (χ1n) is 6.79. The molecule has 1 N–H and O–H groups in total. The molecule has 3 heteroatoms. The Kier molecular flexibility index (Phi) is 2.48. The smallest absolute Gasteiger partial charge is 0.210 e. The maximum atomic E-state index is 12.4. The van der Waals surface area contributed by atoms with Crippen molar-refractivity contribution in [1.29, 1.82) is 0 Å². The lowest BCUT2D eigenvalue weighted by molar-refractivity contribution is 0.103. The Balaban J connectivity index is 1.82. The number of rotatable bonds is 2. The minimum atomic E-state index is 0.0698. The van der Waals surface area contributed by atoms with Gasteiger partial charge in [0.05, 0.1) is 12.8 Å². The van der Waals surface area contributed by atoms with Crippen LogP contribution in [0.3, 0.4) is 0 Å². The van der Waals surface area contributed by atoms with Crippen LogP contribution >= 0.6 is 0 Å². The molecule has 102 valence electrons.